The number of nitrogens with one attached hydrogen (secondary N) is 1. The second kappa shape index (κ2) is 6.82. The van der Waals surface area contributed by atoms with Crippen molar-refractivity contribution in [2.75, 3.05) is 0 Å². The minimum absolute atomic E-state index is 0.0910. The van der Waals surface area contributed by atoms with E-state index >= 15 is 0 Å². The van der Waals surface area contributed by atoms with Gasteiger partial charge in [0.2, 0.25) is 0 Å². The molecule has 0 bridgehead atoms. The predicted molar refractivity (Wildman–Crippen MR) is 80.2 cm³/mol. The largest absolute Gasteiger partial charge is 0.480 e. The number of aliphatic hydroxyl groups excluding tert-OH is 1. The number of aliphatic hydroxyl groups is 1. The number of hydrogen-bond acceptors (Lipinski definition) is 4. The van der Waals surface area contributed by atoms with Gasteiger partial charge in [0.1, 0.15) is 5.69 Å². The summed E-state index contributed by atoms with van der Waals surface area (Å²) < 4.78 is 0. The van der Waals surface area contributed by atoms with Crippen LogP contribution in [0.5, 0.6) is 0 Å². The molecule has 3 N–H and O–H groups in total. The minimum atomic E-state index is -1.38. The van der Waals surface area contributed by atoms with E-state index in [-0.39, 0.29) is 5.69 Å². The molecule has 0 unspecified atom stereocenters. The molecule has 0 fully saturated rings. The van der Waals surface area contributed by atoms with Gasteiger partial charge in [0.25, 0.3) is 5.91 Å². The monoisotopic (exact) mass is 300 g/mol. The molecule has 2 aromatic rings. The van der Waals surface area contributed by atoms with Gasteiger partial charge in [0.05, 0.1) is 11.8 Å². The Morgan fingerprint density at radius 2 is 1.77 bits per heavy atom. The number of carboxylic acid groups (broad SMARTS) is 1. The van der Waals surface area contributed by atoms with Crippen LogP contribution in [0.3, 0.4) is 0 Å². The predicted octanol–water partition coefficient (Wildman–Crippen LogP) is 1.31. The topological polar surface area (TPSA) is 99.5 Å². The first-order chi connectivity index (χ1) is 10.5. The quantitative estimate of drug-likeness (QED) is 0.773. The first-order valence-corrected chi connectivity index (χ1v) is 6.73. The molecule has 6 heteroatoms. The summed E-state index contributed by atoms with van der Waals surface area (Å²) in [6, 6.07) is 12.9. The highest BCUT2D eigenvalue weighted by molar-refractivity contribution is 5.95. The minimum Gasteiger partial charge on any atom is -0.480 e. The molecule has 22 heavy (non-hydrogen) atoms. The lowest BCUT2D eigenvalue weighted by molar-refractivity contribution is -0.141. The Morgan fingerprint density at radius 1 is 1.09 bits per heavy atom. The van der Waals surface area contributed by atoms with E-state index in [1.165, 1.54) is 13.0 Å². The van der Waals surface area contributed by atoms with E-state index in [0.29, 0.717) is 5.69 Å². The van der Waals surface area contributed by atoms with Crippen LogP contribution in [0.4, 0.5) is 0 Å². The Hall–Kier alpha value is -2.73. The van der Waals surface area contributed by atoms with Crippen molar-refractivity contribution in [2.24, 2.45) is 0 Å². The molecule has 2 atom stereocenters. The molecule has 0 aliphatic carbocycles. The summed E-state index contributed by atoms with van der Waals surface area (Å²) in [5.74, 6) is -1.95. The van der Waals surface area contributed by atoms with Crippen molar-refractivity contribution in [2.45, 2.75) is 19.1 Å². The maximum atomic E-state index is 12.1. The van der Waals surface area contributed by atoms with E-state index in [9.17, 15) is 14.7 Å². The van der Waals surface area contributed by atoms with Crippen LogP contribution in [0, 0.1) is 0 Å². The Balaban J connectivity index is 2.22. The summed E-state index contributed by atoms with van der Waals surface area (Å²) in [6.45, 7) is 1.30. The molecule has 6 nitrogen and oxygen atoms in total. The van der Waals surface area contributed by atoms with E-state index in [1.54, 1.807) is 12.1 Å². The number of hydrogen-bond donors (Lipinski definition) is 3. The van der Waals surface area contributed by atoms with Crippen molar-refractivity contribution in [1.82, 2.24) is 10.3 Å². The number of nitrogens with zero attached hydrogens (tertiary/aromatic N) is 1. The fourth-order valence-electron chi connectivity index (χ4n) is 1.93. The van der Waals surface area contributed by atoms with Gasteiger partial charge in [0, 0.05) is 5.56 Å². The number of carbonyl (C=O) groups excluding carboxylic acids is 1. The fraction of sp³-hybridized carbons (Fsp3) is 0.188. The number of pyridine rings is 1. The van der Waals surface area contributed by atoms with Gasteiger partial charge in [-0.25, -0.2) is 9.78 Å². The molecular weight excluding hydrogens is 284 g/mol. The summed E-state index contributed by atoms with van der Waals surface area (Å²) in [5, 5.41) is 20.6. The standard InChI is InChI=1S/C16H16N2O4/c1-10(19)14(16(21)22)18-15(20)13-9-5-8-12(17-13)11-6-3-2-4-7-11/h2-10,14,19H,1H3,(H,18,20)(H,21,22)/t10-,14+/m1/s1. The van der Waals surface area contributed by atoms with Crippen LogP contribution in [-0.4, -0.2) is 39.2 Å². The highest BCUT2D eigenvalue weighted by atomic mass is 16.4. The number of aromatic nitrogens is 1. The highest BCUT2D eigenvalue weighted by Gasteiger charge is 2.25. The Kier molecular flexibility index (Phi) is 4.85. The van der Waals surface area contributed by atoms with Crippen LogP contribution in [0.1, 0.15) is 17.4 Å². The lowest BCUT2D eigenvalue weighted by Gasteiger charge is -2.16. The SMILES string of the molecule is C[C@@H](O)[C@H](NC(=O)c1cccc(-c2ccccc2)n1)C(=O)O. The van der Waals surface area contributed by atoms with Crippen LogP contribution in [0.15, 0.2) is 48.5 Å². The number of carboxylic acids is 1. The van der Waals surface area contributed by atoms with Crippen LogP contribution in [0.25, 0.3) is 11.3 Å². The average Bonchev–Trinajstić information content (AvgIpc) is 2.52. The summed E-state index contributed by atoms with van der Waals surface area (Å²) in [4.78, 5) is 27.3. The Morgan fingerprint density at radius 3 is 2.36 bits per heavy atom. The molecule has 0 aliphatic rings. The molecule has 1 heterocycles. The third-order valence-corrected chi connectivity index (χ3v) is 3.09. The van der Waals surface area contributed by atoms with E-state index < -0.39 is 24.0 Å². The van der Waals surface area contributed by atoms with Gasteiger partial charge in [-0.05, 0) is 19.1 Å². The van der Waals surface area contributed by atoms with Crippen molar-refractivity contribution in [3.8, 4) is 11.3 Å². The van der Waals surface area contributed by atoms with Crippen molar-refractivity contribution < 1.29 is 19.8 Å². The maximum Gasteiger partial charge on any atom is 0.328 e. The lowest BCUT2D eigenvalue weighted by Crippen LogP contribution is -2.47. The number of aliphatic carboxylic acids is 1. The third-order valence-electron chi connectivity index (χ3n) is 3.09. The van der Waals surface area contributed by atoms with E-state index in [2.05, 4.69) is 10.3 Å². The van der Waals surface area contributed by atoms with Gasteiger partial charge in [-0.2, -0.15) is 0 Å². The summed E-state index contributed by atoms with van der Waals surface area (Å²) in [7, 11) is 0. The van der Waals surface area contributed by atoms with Crippen molar-refractivity contribution in [3.63, 3.8) is 0 Å². The second-order valence-corrected chi connectivity index (χ2v) is 4.80. The molecule has 114 valence electrons. The lowest BCUT2D eigenvalue weighted by atomic mass is 10.1. The van der Waals surface area contributed by atoms with Gasteiger partial charge in [-0.15, -0.1) is 0 Å². The van der Waals surface area contributed by atoms with Crippen LogP contribution in [0.2, 0.25) is 0 Å². The van der Waals surface area contributed by atoms with E-state index in [1.807, 2.05) is 30.3 Å². The molecule has 0 saturated heterocycles. The first kappa shape index (κ1) is 15.7. The van der Waals surface area contributed by atoms with Gasteiger partial charge >= 0.3 is 5.97 Å². The zero-order valence-corrected chi connectivity index (χ0v) is 11.9. The van der Waals surface area contributed by atoms with E-state index in [0.717, 1.165) is 5.56 Å². The molecule has 2 rings (SSSR count). The van der Waals surface area contributed by atoms with Gasteiger partial charge in [0.15, 0.2) is 6.04 Å². The molecule has 0 saturated carbocycles. The van der Waals surface area contributed by atoms with Crippen molar-refractivity contribution in [3.05, 3.63) is 54.2 Å². The van der Waals surface area contributed by atoms with Crippen LogP contribution >= 0.6 is 0 Å². The normalized spacial score (nSPS) is 13.2. The van der Waals surface area contributed by atoms with Gasteiger partial charge in [-0.1, -0.05) is 36.4 Å². The number of rotatable bonds is 5. The zero-order chi connectivity index (χ0) is 16.1. The molecule has 0 aliphatic heterocycles. The zero-order valence-electron chi connectivity index (χ0n) is 11.9. The van der Waals surface area contributed by atoms with Crippen molar-refractivity contribution in [1.29, 1.82) is 0 Å². The maximum absolute atomic E-state index is 12.1. The Bertz CT molecular complexity index is 671. The first-order valence-electron chi connectivity index (χ1n) is 6.73. The fourth-order valence-corrected chi connectivity index (χ4v) is 1.93. The molecule has 0 spiro atoms. The number of benzene rings is 1. The summed E-state index contributed by atoms with van der Waals surface area (Å²) in [5.41, 5.74) is 1.55. The summed E-state index contributed by atoms with van der Waals surface area (Å²) in [6.07, 6.45) is -1.21. The molecule has 0 radical (unpaired) electrons. The van der Waals surface area contributed by atoms with Crippen LogP contribution < -0.4 is 5.32 Å². The van der Waals surface area contributed by atoms with Gasteiger partial charge < -0.3 is 15.5 Å². The number of amides is 1. The molecule has 1 aromatic carbocycles. The van der Waals surface area contributed by atoms with Crippen LogP contribution in [-0.2, 0) is 4.79 Å². The Labute approximate surface area is 127 Å². The average molecular weight is 300 g/mol. The van der Waals surface area contributed by atoms with Gasteiger partial charge in [-0.3, -0.25) is 4.79 Å². The smallest absolute Gasteiger partial charge is 0.328 e. The third kappa shape index (κ3) is 3.67. The highest BCUT2D eigenvalue weighted by Crippen LogP contribution is 2.16. The molecule has 1 amide bonds. The van der Waals surface area contributed by atoms with Crippen molar-refractivity contribution >= 4 is 11.9 Å². The molecule has 1 aromatic heterocycles. The molecular formula is C16H16N2O4. The summed E-state index contributed by atoms with van der Waals surface area (Å²) >= 11 is 0. The number of carbonyl (C=O) groups is 2. The second-order valence-electron chi connectivity index (χ2n) is 4.80. The van der Waals surface area contributed by atoms with E-state index in [4.69, 9.17) is 5.11 Å².